The van der Waals surface area contributed by atoms with Crippen molar-refractivity contribution in [2.24, 2.45) is 0 Å². The van der Waals surface area contributed by atoms with Crippen LogP contribution in [-0.4, -0.2) is 27.0 Å². The first-order chi connectivity index (χ1) is 27.8. The zero-order valence-corrected chi connectivity index (χ0v) is 31.2. The molecule has 0 saturated carbocycles. The van der Waals surface area contributed by atoms with Crippen molar-refractivity contribution in [3.8, 4) is 5.82 Å². The van der Waals surface area contributed by atoms with E-state index in [0.29, 0.717) is 0 Å². The van der Waals surface area contributed by atoms with Gasteiger partial charge in [-0.25, -0.2) is 9.97 Å². The molecule has 0 bridgehead atoms. The Morgan fingerprint density at radius 3 is 1.84 bits per heavy atom. The van der Waals surface area contributed by atoms with Crippen molar-refractivity contribution in [3.63, 3.8) is 0 Å². The third-order valence-corrected chi connectivity index (χ3v) is 16.5. The molecule has 0 aliphatic carbocycles. The fourth-order valence-corrected chi connectivity index (χ4v) is 14.1. The molecule has 0 aliphatic heterocycles. The molecule has 5 heterocycles. The molecule has 0 radical (unpaired) electrons. The summed E-state index contributed by atoms with van der Waals surface area (Å²) in [6, 6.07) is 64.2. The molecule has 0 saturated heterocycles. The van der Waals surface area contributed by atoms with Crippen LogP contribution in [0, 0.1) is 0 Å². The van der Waals surface area contributed by atoms with Crippen LogP contribution < -0.4 is 20.7 Å². The molecule has 12 rings (SSSR count). The van der Waals surface area contributed by atoms with Crippen LogP contribution in [0.25, 0.3) is 76.9 Å². The normalized spacial score (nSPS) is 12.3. The Labute approximate surface area is 322 Å². The molecule has 0 aliphatic rings. The lowest BCUT2D eigenvalue weighted by Crippen LogP contribution is -2.74. The smallest absolute Gasteiger partial charge is 0.179 e. The van der Waals surface area contributed by atoms with Crippen molar-refractivity contribution in [2.45, 2.75) is 0 Å². The lowest BCUT2D eigenvalue weighted by molar-refractivity contribution is 0.669. The summed E-state index contributed by atoms with van der Waals surface area (Å²) < 4.78 is 11.0. The van der Waals surface area contributed by atoms with Crippen LogP contribution in [0.1, 0.15) is 0 Å². The summed E-state index contributed by atoms with van der Waals surface area (Å²) in [5.41, 5.74) is 6.05. The van der Waals surface area contributed by atoms with Crippen molar-refractivity contribution in [1.29, 1.82) is 0 Å². The Hall–Kier alpha value is -7.28. The maximum atomic E-state index is 6.45. The number of hydrogen-bond donors (Lipinski definition) is 0. The SMILES string of the molecule is c1ccc([Si](c2ccccc2)(c2ccc3c4ccccc4n4ccnc4c3c2)c2ccc3c4cc5c(cc4n(-c4ccccn4)c3c2)oc2ccccc25)cc1. The van der Waals surface area contributed by atoms with Crippen molar-refractivity contribution in [2.75, 3.05) is 0 Å². The number of nitrogens with zero attached hydrogens (tertiary/aromatic N) is 4. The maximum Gasteiger partial charge on any atom is 0.179 e. The van der Waals surface area contributed by atoms with Crippen molar-refractivity contribution >= 4 is 99.9 Å². The van der Waals surface area contributed by atoms with Gasteiger partial charge in [0.25, 0.3) is 0 Å². The van der Waals surface area contributed by atoms with Gasteiger partial charge in [-0.05, 0) is 62.5 Å². The van der Waals surface area contributed by atoms with E-state index in [2.05, 4.69) is 173 Å². The number of para-hydroxylation sites is 2. The molecule has 0 N–H and O–H groups in total. The molecule has 56 heavy (non-hydrogen) atoms. The Balaban J connectivity index is 1.22. The van der Waals surface area contributed by atoms with Gasteiger partial charge in [-0.2, -0.15) is 0 Å². The second-order valence-corrected chi connectivity index (χ2v) is 18.4. The number of imidazole rings is 1. The van der Waals surface area contributed by atoms with Crippen LogP contribution >= 0.6 is 0 Å². The largest absolute Gasteiger partial charge is 0.456 e. The van der Waals surface area contributed by atoms with Gasteiger partial charge in [0.2, 0.25) is 0 Å². The third-order valence-electron chi connectivity index (χ3n) is 11.8. The minimum Gasteiger partial charge on any atom is -0.456 e. The first-order valence-electron chi connectivity index (χ1n) is 19.0. The fraction of sp³-hybridized carbons (Fsp3) is 0. The van der Waals surface area contributed by atoms with Crippen LogP contribution in [0.4, 0.5) is 0 Å². The van der Waals surface area contributed by atoms with E-state index in [-0.39, 0.29) is 0 Å². The molecule has 12 aromatic rings. The summed E-state index contributed by atoms with van der Waals surface area (Å²) in [7, 11) is -3.00. The van der Waals surface area contributed by atoms with E-state index in [0.717, 1.165) is 55.3 Å². The first-order valence-corrected chi connectivity index (χ1v) is 21.0. The molecule has 0 atom stereocenters. The second kappa shape index (κ2) is 11.9. The van der Waals surface area contributed by atoms with E-state index in [1.165, 1.54) is 42.3 Å². The molecule has 5 nitrogen and oxygen atoms in total. The molecular weight excluding hydrogens is 701 g/mol. The van der Waals surface area contributed by atoms with Gasteiger partial charge in [-0.1, -0.05) is 133 Å². The highest BCUT2D eigenvalue weighted by atomic mass is 28.3. The zero-order valence-electron chi connectivity index (χ0n) is 30.2. The van der Waals surface area contributed by atoms with Gasteiger partial charge >= 0.3 is 0 Å². The second-order valence-electron chi connectivity index (χ2n) is 14.6. The van der Waals surface area contributed by atoms with Gasteiger partial charge in [0.1, 0.15) is 22.6 Å². The molecule has 6 heteroatoms. The highest BCUT2D eigenvalue weighted by Gasteiger charge is 2.42. The van der Waals surface area contributed by atoms with Crippen LogP contribution in [0.2, 0.25) is 0 Å². The number of hydrogen-bond acceptors (Lipinski definition) is 3. The lowest BCUT2D eigenvalue weighted by atomic mass is 10.1. The number of aromatic nitrogens is 4. The summed E-state index contributed by atoms with van der Waals surface area (Å²) >= 11 is 0. The third kappa shape index (κ3) is 4.30. The molecule has 7 aromatic carbocycles. The van der Waals surface area contributed by atoms with Gasteiger partial charge in [-0.15, -0.1) is 0 Å². The molecule has 0 spiro atoms. The van der Waals surface area contributed by atoms with E-state index in [1.54, 1.807) is 0 Å². The summed E-state index contributed by atoms with van der Waals surface area (Å²) in [6.45, 7) is 0. The van der Waals surface area contributed by atoms with Crippen LogP contribution in [0.3, 0.4) is 0 Å². The molecular formula is C50H32N4OSi. The highest BCUT2D eigenvalue weighted by Crippen LogP contribution is 2.38. The average molecular weight is 733 g/mol. The minimum atomic E-state index is -3.00. The van der Waals surface area contributed by atoms with Crippen molar-refractivity contribution in [3.05, 3.63) is 195 Å². The van der Waals surface area contributed by atoms with E-state index in [1.807, 2.05) is 30.6 Å². The Kier molecular flexibility index (Phi) is 6.59. The van der Waals surface area contributed by atoms with E-state index in [9.17, 15) is 0 Å². The first kappa shape index (κ1) is 31.1. The number of furan rings is 1. The van der Waals surface area contributed by atoms with Crippen LogP contribution in [0.5, 0.6) is 0 Å². The fourth-order valence-electron chi connectivity index (χ4n) is 9.38. The maximum absolute atomic E-state index is 6.45. The quantitative estimate of drug-likeness (QED) is 0.101. The highest BCUT2D eigenvalue weighted by molar-refractivity contribution is 7.20. The summed E-state index contributed by atoms with van der Waals surface area (Å²) in [6.07, 6.45) is 5.86. The topological polar surface area (TPSA) is 48.3 Å². The monoisotopic (exact) mass is 732 g/mol. The predicted molar refractivity (Wildman–Crippen MR) is 233 cm³/mol. The van der Waals surface area contributed by atoms with E-state index < -0.39 is 8.07 Å². The molecule has 5 aromatic heterocycles. The molecule has 0 amide bonds. The number of rotatable bonds is 5. The molecule has 262 valence electrons. The van der Waals surface area contributed by atoms with E-state index in [4.69, 9.17) is 14.4 Å². The number of pyridine rings is 2. The van der Waals surface area contributed by atoms with Crippen LogP contribution in [-0.2, 0) is 0 Å². The van der Waals surface area contributed by atoms with Crippen molar-refractivity contribution < 1.29 is 4.42 Å². The van der Waals surface area contributed by atoms with Crippen LogP contribution in [0.15, 0.2) is 199 Å². The Bertz CT molecular complexity index is 3440. The van der Waals surface area contributed by atoms with E-state index >= 15 is 0 Å². The van der Waals surface area contributed by atoms with Gasteiger partial charge < -0.3 is 4.42 Å². The van der Waals surface area contributed by atoms with Gasteiger partial charge in [0.15, 0.2) is 8.07 Å². The standard InChI is InChI=1S/C50H32N4OSi/c1-3-13-33(14-4-1)56(34-15-5-2-6-16-34,35-22-24-37-38-17-7-9-19-44(38)53-28-27-52-50(53)43(37)29-35)36-23-25-39-41-31-42-40-18-8-10-20-47(40)55-48(42)32-46(41)54(45(39)30-36)49-21-11-12-26-51-49/h1-32H. The molecule has 0 fully saturated rings. The van der Waals surface area contributed by atoms with Crippen molar-refractivity contribution in [1.82, 2.24) is 18.9 Å². The predicted octanol–water partition coefficient (Wildman–Crippen LogP) is 9.41. The molecule has 0 unspecified atom stereocenters. The summed E-state index contributed by atoms with van der Waals surface area (Å²) in [5, 5.41) is 13.4. The lowest BCUT2D eigenvalue weighted by Gasteiger charge is -2.35. The van der Waals surface area contributed by atoms with Gasteiger partial charge in [0, 0.05) is 57.0 Å². The summed E-state index contributed by atoms with van der Waals surface area (Å²) in [4.78, 5) is 9.87. The van der Waals surface area contributed by atoms with Gasteiger partial charge in [-0.3, -0.25) is 8.97 Å². The van der Waals surface area contributed by atoms with Gasteiger partial charge in [0.05, 0.1) is 16.6 Å². The Morgan fingerprint density at radius 1 is 0.393 bits per heavy atom. The summed E-state index contributed by atoms with van der Waals surface area (Å²) in [5.74, 6) is 0.867. The minimum absolute atomic E-state index is 0.866. The number of fused-ring (bicyclic) bond motifs is 12. The number of benzene rings is 7. The Morgan fingerprint density at radius 2 is 1.05 bits per heavy atom. The zero-order chi connectivity index (χ0) is 36.8. The average Bonchev–Trinajstić information content (AvgIpc) is 3.99.